The molecule has 1 N–H and O–H groups in total. The van der Waals surface area contributed by atoms with Crippen molar-refractivity contribution in [2.75, 3.05) is 13.2 Å². The van der Waals surface area contributed by atoms with Gasteiger partial charge in [0.05, 0.1) is 15.7 Å². The van der Waals surface area contributed by atoms with Crippen LogP contribution in [0.2, 0.25) is 0 Å². The molecule has 0 bridgehead atoms. The van der Waals surface area contributed by atoms with Crippen LogP contribution in [-0.4, -0.2) is 27.1 Å². The maximum Gasteiger partial charge on any atom is 1.00 e. The summed E-state index contributed by atoms with van der Waals surface area (Å²) in [6, 6.07) is 0. The predicted octanol–water partition coefficient (Wildman–Crippen LogP) is -3.82. The van der Waals surface area contributed by atoms with E-state index in [1.165, 1.54) is 0 Å². The van der Waals surface area contributed by atoms with Crippen molar-refractivity contribution in [3.05, 3.63) is 0 Å². The quantitative estimate of drug-likeness (QED) is 0.367. The van der Waals surface area contributed by atoms with Gasteiger partial charge in [-0.05, 0) is 17.6 Å². The van der Waals surface area contributed by atoms with Gasteiger partial charge in [-0.3, -0.25) is 4.18 Å². The molecule has 1 unspecified atom stereocenters. The summed E-state index contributed by atoms with van der Waals surface area (Å²) in [5.74, 6) is 0. The maximum atomic E-state index is 10.0. The summed E-state index contributed by atoms with van der Waals surface area (Å²) in [5.41, 5.74) is 0. The Morgan fingerprint density at radius 1 is 1.70 bits per heavy atom. The molecular weight excluding hydrogens is 187 g/mol. The number of aliphatic hydroxyl groups excluding tert-OH is 1. The van der Waals surface area contributed by atoms with Crippen molar-refractivity contribution in [2.24, 2.45) is 0 Å². The van der Waals surface area contributed by atoms with E-state index >= 15 is 0 Å². The Morgan fingerprint density at radius 3 is 2.50 bits per heavy atom. The van der Waals surface area contributed by atoms with Gasteiger partial charge in [-0.2, -0.15) is 0 Å². The van der Waals surface area contributed by atoms with Gasteiger partial charge in [0.15, 0.2) is 0 Å². The Labute approximate surface area is 87.0 Å². The molecule has 0 aliphatic rings. The fourth-order valence-corrected chi connectivity index (χ4v) is 0.752. The van der Waals surface area contributed by atoms with Crippen LogP contribution in [0.3, 0.4) is 0 Å². The molecule has 4 nitrogen and oxygen atoms in total. The smallest absolute Gasteiger partial charge is 0.748 e. The topological polar surface area (TPSA) is 69.6 Å². The van der Waals surface area contributed by atoms with Crippen molar-refractivity contribution in [1.29, 1.82) is 0 Å². The van der Waals surface area contributed by atoms with Crippen LogP contribution in [0.1, 0.15) is 6.42 Å². The third kappa shape index (κ3) is 12.0. The average molecular weight is 194 g/mol. The molecule has 0 aromatic carbocycles. The zero-order chi connectivity index (χ0) is 7.33. The Kier molecular flexibility index (Phi) is 9.57. The SMILES string of the molecule is O=S([O-])(=S)OCCCO.[Na+]. The second kappa shape index (κ2) is 6.93. The molecule has 0 saturated heterocycles. The zero-order valence-electron chi connectivity index (χ0n) is 5.61. The fraction of sp³-hybridized carbons (Fsp3) is 1.00. The van der Waals surface area contributed by atoms with E-state index in [1.807, 2.05) is 0 Å². The summed E-state index contributed by atoms with van der Waals surface area (Å²) in [5, 5.41) is 8.15. The van der Waals surface area contributed by atoms with Crippen LogP contribution < -0.4 is 29.6 Å². The molecule has 0 spiro atoms. The van der Waals surface area contributed by atoms with Crippen molar-refractivity contribution in [3.8, 4) is 0 Å². The third-order valence-corrected chi connectivity index (χ3v) is 1.27. The van der Waals surface area contributed by atoms with E-state index in [9.17, 15) is 8.76 Å². The summed E-state index contributed by atoms with van der Waals surface area (Å²) in [6.07, 6.45) is 0.288. The van der Waals surface area contributed by atoms with Crippen LogP contribution in [-0.2, 0) is 24.4 Å². The molecule has 56 valence electrons. The summed E-state index contributed by atoms with van der Waals surface area (Å²) in [4.78, 5) is 0. The monoisotopic (exact) mass is 194 g/mol. The van der Waals surface area contributed by atoms with E-state index in [2.05, 4.69) is 15.4 Å². The molecule has 0 aliphatic carbocycles. The Morgan fingerprint density at radius 2 is 2.20 bits per heavy atom. The predicted molar refractivity (Wildman–Crippen MR) is 33.9 cm³/mol. The first-order valence-electron chi connectivity index (χ1n) is 2.27. The molecule has 0 aliphatic heterocycles. The van der Waals surface area contributed by atoms with E-state index in [-0.39, 0.29) is 49.2 Å². The molecule has 7 heteroatoms. The normalized spacial score (nSPS) is 15.4. The largest absolute Gasteiger partial charge is 1.00 e. The Balaban J connectivity index is 0. The van der Waals surface area contributed by atoms with Gasteiger partial charge < -0.3 is 9.66 Å². The minimum absolute atomic E-state index is 0. The van der Waals surface area contributed by atoms with Gasteiger partial charge >= 0.3 is 29.6 Å². The average Bonchev–Trinajstić information content (AvgIpc) is 1.63. The van der Waals surface area contributed by atoms with Gasteiger partial charge in [0.25, 0.3) is 0 Å². The molecule has 0 rings (SSSR count). The van der Waals surface area contributed by atoms with Crippen LogP contribution in [0.4, 0.5) is 0 Å². The van der Waals surface area contributed by atoms with Gasteiger partial charge in [-0.1, -0.05) is 0 Å². The van der Waals surface area contributed by atoms with E-state index in [4.69, 9.17) is 5.11 Å². The molecule has 0 amide bonds. The summed E-state index contributed by atoms with van der Waals surface area (Å²) < 4.78 is 24.1. The molecule has 1 atom stereocenters. The van der Waals surface area contributed by atoms with E-state index in [1.54, 1.807) is 0 Å². The van der Waals surface area contributed by atoms with E-state index in [0.717, 1.165) is 0 Å². The first-order chi connectivity index (χ1) is 4.06. The first-order valence-corrected chi connectivity index (χ1v) is 4.60. The maximum absolute atomic E-state index is 10.0. The van der Waals surface area contributed by atoms with E-state index < -0.39 is 9.05 Å². The summed E-state index contributed by atoms with van der Waals surface area (Å²) >= 11 is 3.87. The van der Waals surface area contributed by atoms with Crippen molar-refractivity contribution in [3.63, 3.8) is 0 Å². The van der Waals surface area contributed by atoms with Crippen molar-refractivity contribution in [2.45, 2.75) is 6.42 Å². The van der Waals surface area contributed by atoms with Gasteiger partial charge in [0.2, 0.25) is 0 Å². The molecule has 0 aromatic rings. The molecule has 10 heavy (non-hydrogen) atoms. The van der Waals surface area contributed by atoms with Crippen molar-refractivity contribution < 1.29 is 47.6 Å². The first kappa shape index (κ1) is 13.8. The fourth-order valence-electron chi connectivity index (χ4n) is 0.226. The summed E-state index contributed by atoms with van der Waals surface area (Å²) in [7, 11) is -3.72. The minimum Gasteiger partial charge on any atom is -0.748 e. The summed E-state index contributed by atoms with van der Waals surface area (Å²) in [6.45, 7) is -0.132. The second-order valence-electron chi connectivity index (χ2n) is 1.31. The minimum atomic E-state index is -3.72. The van der Waals surface area contributed by atoms with Gasteiger partial charge in [0, 0.05) is 6.61 Å². The van der Waals surface area contributed by atoms with Crippen LogP contribution in [0, 0.1) is 0 Å². The van der Waals surface area contributed by atoms with Gasteiger partial charge in [-0.15, -0.1) is 0 Å². The van der Waals surface area contributed by atoms with Crippen molar-refractivity contribution >= 4 is 20.2 Å². The van der Waals surface area contributed by atoms with E-state index in [0.29, 0.717) is 0 Å². The second-order valence-corrected chi connectivity index (χ2v) is 3.58. The molecule has 0 fully saturated rings. The van der Waals surface area contributed by atoms with Crippen LogP contribution in [0.5, 0.6) is 0 Å². The molecule has 0 aromatic heterocycles. The third-order valence-electron chi connectivity index (χ3n) is 0.530. The van der Waals surface area contributed by atoms with Crippen molar-refractivity contribution in [1.82, 2.24) is 0 Å². The molecule has 0 heterocycles. The van der Waals surface area contributed by atoms with Crippen LogP contribution in [0.25, 0.3) is 0 Å². The number of rotatable bonds is 4. The zero-order valence-corrected chi connectivity index (χ0v) is 9.24. The van der Waals surface area contributed by atoms with Crippen LogP contribution in [0.15, 0.2) is 0 Å². The van der Waals surface area contributed by atoms with Crippen LogP contribution >= 0.6 is 0 Å². The molecular formula is C3H7NaO4S2. The number of hydrogen-bond acceptors (Lipinski definition) is 5. The number of hydrogen-bond donors (Lipinski definition) is 1. The Hall–Kier alpha value is 1.25. The Bertz CT molecular complexity index is 154. The molecule has 0 saturated carbocycles. The standard InChI is InChI=1S/C3H8O4S2.Na/c4-2-1-3-7-9(5,6)8;/h4H,1-3H2,(H,5,6,8);/q;+1/p-1. The van der Waals surface area contributed by atoms with Gasteiger partial charge in [-0.25, -0.2) is 4.21 Å². The number of aliphatic hydroxyl groups is 1. The van der Waals surface area contributed by atoms with Gasteiger partial charge in [0.1, 0.15) is 0 Å². The molecule has 0 radical (unpaired) electrons.